The fourth-order valence-electron chi connectivity index (χ4n) is 3.59. The summed E-state index contributed by atoms with van der Waals surface area (Å²) in [5, 5.41) is 0. The second kappa shape index (κ2) is 5.66. The topological polar surface area (TPSA) is 63.4 Å². The Morgan fingerprint density at radius 2 is 1.81 bits per heavy atom. The first kappa shape index (κ1) is 14.9. The Kier molecular flexibility index (Phi) is 4.03. The van der Waals surface area contributed by atoms with Crippen molar-refractivity contribution in [3.63, 3.8) is 0 Å². The maximum Gasteiger partial charge on any atom is 0.243 e. The Bertz CT molecular complexity index is 640. The second-order valence-electron chi connectivity index (χ2n) is 5.90. The van der Waals surface area contributed by atoms with E-state index in [1.807, 2.05) is 0 Å². The number of hydrogen-bond acceptors (Lipinski definition) is 3. The molecule has 2 fully saturated rings. The fourth-order valence-corrected chi connectivity index (χ4v) is 5.45. The molecule has 2 atom stereocenters. The van der Waals surface area contributed by atoms with Crippen molar-refractivity contribution < 1.29 is 8.42 Å². The van der Waals surface area contributed by atoms with E-state index in [1.54, 1.807) is 28.6 Å². The summed E-state index contributed by atoms with van der Waals surface area (Å²) in [6, 6.07) is 6.78. The SMILES string of the molecule is NC(=S)c1ccc(S(=O)(=O)N2CCC3CCCCC32)cc1. The molecule has 1 saturated carbocycles. The smallest absolute Gasteiger partial charge is 0.243 e. The van der Waals surface area contributed by atoms with Crippen LogP contribution in [0.3, 0.4) is 0 Å². The zero-order valence-electron chi connectivity index (χ0n) is 11.9. The van der Waals surface area contributed by atoms with E-state index in [0.717, 1.165) is 25.7 Å². The van der Waals surface area contributed by atoms with Crippen molar-refractivity contribution in [2.45, 2.75) is 43.0 Å². The van der Waals surface area contributed by atoms with Gasteiger partial charge in [0.1, 0.15) is 4.99 Å². The first-order chi connectivity index (χ1) is 10.00. The molecule has 0 amide bonds. The predicted octanol–water partition coefficient (Wildman–Crippen LogP) is 2.27. The average Bonchev–Trinajstić information content (AvgIpc) is 2.92. The standard InChI is InChI=1S/C15H20N2O2S2/c16-15(20)12-5-7-13(8-6-12)21(18,19)17-10-9-11-3-1-2-4-14(11)17/h5-8,11,14H,1-4,9-10H2,(H2,16,20). The zero-order valence-corrected chi connectivity index (χ0v) is 13.5. The van der Waals surface area contributed by atoms with Crippen LogP contribution < -0.4 is 5.73 Å². The van der Waals surface area contributed by atoms with E-state index in [-0.39, 0.29) is 11.0 Å². The minimum absolute atomic E-state index is 0.194. The van der Waals surface area contributed by atoms with Gasteiger partial charge in [-0.05, 0) is 37.3 Å². The lowest BCUT2D eigenvalue weighted by atomic mass is 9.86. The summed E-state index contributed by atoms with van der Waals surface area (Å²) in [6.45, 7) is 0.648. The van der Waals surface area contributed by atoms with Gasteiger partial charge in [-0.2, -0.15) is 4.31 Å². The molecule has 0 radical (unpaired) electrons. The number of benzene rings is 1. The molecule has 114 valence electrons. The minimum Gasteiger partial charge on any atom is -0.389 e. The van der Waals surface area contributed by atoms with Crippen LogP contribution in [-0.2, 0) is 10.0 Å². The van der Waals surface area contributed by atoms with E-state index >= 15 is 0 Å². The monoisotopic (exact) mass is 324 g/mol. The van der Waals surface area contributed by atoms with Crippen molar-refractivity contribution in [1.29, 1.82) is 0 Å². The van der Waals surface area contributed by atoms with Crippen LogP contribution in [0.25, 0.3) is 0 Å². The van der Waals surface area contributed by atoms with Crippen LogP contribution in [-0.4, -0.2) is 30.3 Å². The van der Waals surface area contributed by atoms with Crippen LogP contribution in [0.1, 0.15) is 37.7 Å². The summed E-state index contributed by atoms with van der Waals surface area (Å²) < 4.78 is 27.4. The van der Waals surface area contributed by atoms with Gasteiger partial charge in [0, 0.05) is 18.2 Å². The first-order valence-corrected chi connectivity index (χ1v) is 9.27. The molecule has 0 aromatic heterocycles. The van der Waals surface area contributed by atoms with Crippen molar-refractivity contribution in [3.05, 3.63) is 29.8 Å². The van der Waals surface area contributed by atoms with E-state index in [2.05, 4.69) is 0 Å². The van der Waals surface area contributed by atoms with E-state index in [9.17, 15) is 8.42 Å². The molecule has 2 unspecified atom stereocenters. The highest BCUT2D eigenvalue weighted by Gasteiger charge is 2.42. The van der Waals surface area contributed by atoms with E-state index < -0.39 is 10.0 Å². The van der Waals surface area contributed by atoms with Gasteiger partial charge in [0.25, 0.3) is 0 Å². The Morgan fingerprint density at radius 3 is 2.48 bits per heavy atom. The number of fused-ring (bicyclic) bond motifs is 1. The summed E-state index contributed by atoms with van der Waals surface area (Å²) in [5.74, 6) is 0.546. The number of hydrogen-bond donors (Lipinski definition) is 1. The Labute approximate surface area is 131 Å². The second-order valence-corrected chi connectivity index (χ2v) is 8.24. The Balaban J connectivity index is 1.88. The van der Waals surface area contributed by atoms with Crippen molar-refractivity contribution in [3.8, 4) is 0 Å². The van der Waals surface area contributed by atoms with Gasteiger partial charge in [0.2, 0.25) is 10.0 Å². The third kappa shape index (κ3) is 2.72. The molecule has 2 aliphatic rings. The third-order valence-corrected chi connectivity index (χ3v) is 6.88. The van der Waals surface area contributed by atoms with Gasteiger partial charge in [0.05, 0.1) is 4.90 Å². The molecule has 21 heavy (non-hydrogen) atoms. The van der Waals surface area contributed by atoms with Crippen LogP contribution in [0.5, 0.6) is 0 Å². The molecule has 1 aliphatic heterocycles. The highest BCUT2D eigenvalue weighted by atomic mass is 32.2. The molecule has 1 heterocycles. The lowest BCUT2D eigenvalue weighted by Crippen LogP contribution is -2.39. The first-order valence-electron chi connectivity index (χ1n) is 7.42. The summed E-state index contributed by atoms with van der Waals surface area (Å²) in [7, 11) is -3.40. The summed E-state index contributed by atoms with van der Waals surface area (Å²) in [6.07, 6.45) is 5.52. The van der Waals surface area contributed by atoms with E-state index in [1.165, 1.54) is 6.42 Å². The van der Waals surface area contributed by atoms with Crippen LogP contribution >= 0.6 is 12.2 Å². The molecule has 1 aromatic carbocycles. The number of nitrogens with two attached hydrogens (primary N) is 1. The third-order valence-electron chi connectivity index (χ3n) is 4.70. The van der Waals surface area contributed by atoms with Gasteiger partial charge < -0.3 is 5.73 Å². The van der Waals surface area contributed by atoms with Gasteiger partial charge in [-0.1, -0.05) is 37.2 Å². The number of nitrogens with zero attached hydrogens (tertiary/aromatic N) is 1. The average molecular weight is 324 g/mol. The largest absolute Gasteiger partial charge is 0.389 e. The van der Waals surface area contributed by atoms with Gasteiger partial charge in [-0.3, -0.25) is 0 Å². The number of sulfonamides is 1. The van der Waals surface area contributed by atoms with Crippen molar-refractivity contribution >= 4 is 27.2 Å². The van der Waals surface area contributed by atoms with Crippen molar-refractivity contribution in [2.75, 3.05) is 6.54 Å². The van der Waals surface area contributed by atoms with E-state index in [4.69, 9.17) is 18.0 Å². The molecule has 0 spiro atoms. The van der Waals surface area contributed by atoms with Crippen molar-refractivity contribution in [1.82, 2.24) is 4.31 Å². The van der Waals surface area contributed by atoms with Crippen LogP contribution in [0.15, 0.2) is 29.2 Å². The molecule has 2 N–H and O–H groups in total. The highest BCUT2D eigenvalue weighted by molar-refractivity contribution is 7.89. The van der Waals surface area contributed by atoms with E-state index in [0.29, 0.717) is 22.9 Å². The Morgan fingerprint density at radius 1 is 1.14 bits per heavy atom. The molecule has 0 bridgehead atoms. The van der Waals surface area contributed by atoms with Gasteiger partial charge in [-0.25, -0.2) is 8.42 Å². The maximum atomic E-state index is 12.8. The van der Waals surface area contributed by atoms with Gasteiger partial charge in [0.15, 0.2) is 0 Å². The molecule has 6 heteroatoms. The molecule has 1 aromatic rings. The summed E-state index contributed by atoms with van der Waals surface area (Å²) >= 11 is 4.90. The lowest BCUT2D eigenvalue weighted by molar-refractivity contribution is 0.260. The quantitative estimate of drug-likeness (QED) is 0.867. The minimum atomic E-state index is -3.40. The predicted molar refractivity (Wildman–Crippen MR) is 86.6 cm³/mol. The van der Waals surface area contributed by atoms with Crippen LogP contribution in [0.4, 0.5) is 0 Å². The molecule has 4 nitrogen and oxygen atoms in total. The Hall–Kier alpha value is -0.980. The maximum absolute atomic E-state index is 12.8. The fraction of sp³-hybridized carbons (Fsp3) is 0.533. The van der Waals surface area contributed by atoms with Crippen LogP contribution in [0, 0.1) is 5.92 Å². The highest BCUT2D eigenvalue weighted by Crippen LogP contribution is 2.39. The molecular formula is C15H20N2O2S2. The number of rotatable bonds is 3. The zero-order chi connectivity index (χ0) is 15.0. The molecule has 1 saturated heterocycles. The number of thiocarbonyl (C=S) groups is 1. The summed E-state index contributed by atoms with van der Waals surface area (Å²) in [4.78, 5) is 0.626. The molecular weight excluding hydrogens is 304 g/mol. The van der Waals surface area contributed by atoms with Crippen molar-refractivity contribution in [2.24, 2.45) is 11.7 Å². The lowest BCUT2D eigenvalue weighted by Gasteiger charge is -2.31. The molecule has 3 rings (SSSR count). The van der Waals surface area contributed by atoms with Gasteiger partial charge >= 0.3 is 0 Å². The van der Waals surface area contributed by atoms with Gasteiger partial charge in [-0.15, -0.1) is 0 Å². The van der Waals surface area contributed by atoms with Crippen LogP contribution in [0.2, 0.25) is 0 Å². The molecule has 1 aliphatic carbocycles. The summed E-state index contributed by atoms with van der Waals surface area (Å²) in [5.41, 5.74) is 6.25. The normalized spacial score (nSPS) is 26.5.